The van der Waals surface area contributed by atoms with Gasteiger partial charge in [0.25, 0.3) is 0 Å². The fourth-order valence-electron chi connectivity index (χ4n) is 2.49. The average Bonchev–Trinajstić information content (AvgIpc) is 2.86. The van der Waals surface area contributed by atoms with Crippen molar-refractivity contribution in [2.75, 3.05) is 13.7 Å². The summed E-state index contributed by atoms with van der Waals surface area (Å²) in [6.45, 7) is 7.35. The molecule has 0 aliphatic carbocycles. The highest BCUT2D eigenvalue weighted by atomic mass is 16.5. The molecule has 0 atom stereocenters. The van der Waals surface area contributed by atoms with Crippen LogP contribution in [0.5, 0.6) is 5.75 Å². The maximum absolute atomic E-state index is 5.30. The van der Waals surface area contributed by atoms with Gasteiger partial charge in [-0.3, -0.25) is 0 Å². The van der Waals surface area contributed by atoms with Crippen molar-refractivity contribution in [3.8, 4) is 5.75 Å². The number of hydrogen-bond acceptors (Lipinski definition) is 3. The molecule has 0 aliphatic rings. The van der Waals surface area contributed by atoms with E-state index in [0.29, 0.717) is 0 Å². The molecule has 2 rings (SSSR count). The number of ether oxygens (including phenoxy) is 1. The maximum atomic E-state index is 5.30. The third-order valence-electron chi connectivity index (χ3n) is 3.76. The lowest BCUT2D eigenvalue weighted by Crippen LogP contribution is -2.18. The largest absolute Gasteiger partial charge is 0.497 e. The summed E-state index contributed by atoms with van der Waals surface area (Å²) in [6.07, 6.45) is 4.80. The van der Waals surface area contributed by atoms with Crippen LogP contribution in [-0.4, -0.2) is 23.2 Å². The summed E-state index contributed by atoms with van der Waals surface area (Å²) in [4.78, 5) is 4.79. The van der Waals surface area contributed by atoms with Crippen LogP contribution in [0.25, 0.3) is 11.0 Å². The minimum absolute atomic E-state index is 0.834. The molecule has 1 aromatic heterocycles. The molecule has 0 spiro atoms. The lowest BCUT2D eigenvalue weighted by molar-refractivity contribution is 0.415. The Morgan fingerprint density at radius 2 is 2.00 bits per heavy atom. The molecule has 1 heterocycles. The number of fused-ring (bicyclic) bond motifs is 1. The number of imidazole rings is 1. The Morgan fingerprint density at radius 1 is 1.19 bits per heavy atom. The lowest BCUT2D eigenvalue weighted by atomic mass is 10.3. The Labute approximate surface area is 127 Å². The van der Waals surface area contributed by atoms with E-state index in [0.717, 1.165) is 36.7 Å². The summed E-state index contributed by atoms with van der Waals surface area (Å²) in [6, 6.07) is 6.15. The highest BCUT2D eigenvalue weighted by molar-refractivity contribution is 5.77. The van der Waals surface area contributed by atoms with E-state index in [9.17, 15) is 0 Å². The molecule has 21 heavy (non-hydrogen) atoms. The quantitative estimate of drug-likeness (QED) is 0.715. The molecule has 0 radical (unpaired) electrons. The lowest BCUT2D eigenvalue weighted by Gasteiger charge is -2.09. The van der Waals surface area contributed by atoms with Gasteiger partial charge >= 0.3 is 0 Å². The summed E-state index contributed by atoms with van der Waals surface area (Å²) in [5, 5.41) is 3.49. The molecule has 2 aromatic rings. The predicted octanol–water partition coefficient (Wildman–Crippen LogP) is 3.73. The van der Waals surface area contributed by atoms with Crippen LogP contribution in [0.4, 0.5) is 0 Å². The third kappa shape index (κ3) is 3.97. The molecular formula is C17H27N3O. The first kappa shape index (κ1) is 15.8. The maximum Gasteiger partial charge on any atom is 0.123 e. The van der Waals surface area contributed by atoms with E-state index < -0.39 is 0 Å². The van der Waals surface area contributed by atoms with E-state index in [4.69, 9.17) is 9.72 Å². The molecule has 0 unspecified atom stereocenters. The molecular weight excluding hydrogens is 262 g/mol. The SMILES string of the molecule is CCCCNCc1nc2cc(OC)ccc2n1CCCC. The smallest absolute Gasteiger partial charge is 0.123 e. The Bertz CT molecular complexity index is 562. The minimum atomic E-state index is 0.834. The zero-order valence-corrected chi connectivity index (χ0v) is 13.5. The van der Waals surface area contributed by atoms with Gasteiger partial charge in [-0.2, -0.15) is 0 Å². The highest BCUT2D eigenvalue weighted by Gasteiger charge is 2.10. The van der Waals surface area contributed by atoms with E-state index in [1.54, 1.807) is 7.11 Å². The number of methoxy groups -OCH3 is 1. The van der Waals surface area contributed by atoms with E-state index >= 15 is 0 Å². The van der Waals surface area contributed by atoms with Crippen molar-refractivity contribution in [2.24, 2.45) is 0 Å². The van der Waals surface area contributed by atoms with Crippen LogP contribution in [0.3, 0.4) is 0 Å². The van der Waals surface area contributed by atoms with Crippen LogP contribution in [0.15, 0.2) is 18.2 Å². The first-order chi connectivity index (χ1) is 10.3. The van der Waals surface area contributed by atoms with Crippen LogP contribution in [0.2, 0.25) is 0 Å². The van der Waals surface area contributed by atoms with Crippen LogP contribution >= 0.6 is 0 Å². The molecule has 1 N–H and O–H groups in total. The second-order valence-electron chi connectivity index (χ2n) is 5.42. The molecule has 0 saturated carbocycles. The number of aryl methyl sites for hydroxylation is 1. The van der Waals surface area contributed by atoms with Gasteiger partial charge < -0.3 is 14.6 Å². The Kier molecular flexibility index (Phi) is 6.05. The summed E-state index contributed by atoms with van der Waals surface area (Å²) < 4.78 is 7.65. The van der Waals surface area contributed by atoms with Crippen molar-refractivity contribution in [1.29, 1.82) is 0 Å². The number of rotatable bonds is 9. The van der Waals surface area contributed by atoms with Crippen LogP contribution in [0, 0.1) is 0 Å². The Hall–Kier alpha value is -1.55. The molecule has 0 aliphatic heterocycles. The first-order valence-electron chi connectivity index (χ1n) is 8.04. The third-order valence-corrected chi connectivity index (χ3v) is 3.76. The Morgan fingerprint density at radius 3 is 2.71 bits per heavy atom. The number of hydrogen-bond donors (Lipinski definition) is 1. The number of nitrogens with one attached hydrogen (secondary N) is 1. The molecule has 0 fully saturated rings. The molecule has 0 bridgehead atoms. The molecule has 116 valence electrons. The van der Waals surface area contributed by atoms with Gasteiger partial charge in [0.15, 0.2) is 0 Å². The second kappa shape index (κ2) is 8.03. The van der Waals surface area contributed by atoms with Gasteiger partial charge in [0.1, 0.15) is 11.6 Å². The fraction of sp³-hybridized carbons (Fsp3) is 0.588. The van der Waals surface area contributed by atoms with E-state index in [1.165, 1.54) is 31.2 Å². The van der Waals surface area contributed by atoms with Crippen LogP contribution in [0.1, 0.15) is 45.4 Å². The monoisotopic (exact) mass is 289 g/mol. The molecule has 0 saturated heterocycles. The molecule has 0 amide bonds. The molecule has 4 nitrogen and oxygen atoms in total. The zero-order valence-electron chi connectivity index (χ0n) is 13.5. The second-order valence-corrected chi connectivity index (χ2v) is 5.42. The fourth-order valence-corrected chi connectivity index (χ4v) is 2.49. The van der Waals surface area contributed by atoms with Gasteiger partial charge in [-0.1, -0.05) is 26.7 Å². The van der Waals surface area contributed by atoms with Crippen LogP contribution in [-0.2, 0) is 13.1 Å². The summed E-state index contributed by atoms with van der Waals surface area (Å²) in [7, 11) is 1.70. The average molecular weight is 289 g/mol. The number of benzene rings is 1. The topological polar surface area (TPSA) is 39.1 Å². The molecule has 4 heteroatoms. The molecule has 1 aromatic carbocycles. The summed E-state index contributed by atoms with van der Waals surface area (Å²) >= 11 is 0. The standard InChI is InChI=1S/C17H27N3O/c1-4-6-10-18-13-17-19-15-12-14(21-3)8-9-16(15)20(17)11-7-5-2/h8-9,12,18H,4-7,10-11,13H2,1-3H3. The summed E-state index contributed by atoms with van der Waals surface area (Å²) in [5.41, 5.74) is 2.23. The zero-order chi connectivity index (χ0) is 15.1. The van der Waals surface area contributed by atoms with Crippen molar-refractivity contribution in [2.45, 2.75) is 52.6 Å². The number of nitrogens with zero attached hydrogens (tertiary/aromatic N) is 2. The summed E-state index contributed by atoms with van der Waals surface area (Å²) in [5.74, 6) is 2.00. The number of aromatic nitrogens is 2. The van der Waals surface area contributed by atoms with Crippen molar-refractivity contribution in [3.05, 3.63) is 24.0 Å². The van der Waals surface area contributed by atoms with E-state index in [1.807, 2.05) is 12.1 Å². The van der Waals surface area contributed by atoms with Gasteiger partial charge in [-0.05, 0) is 31.5 Å². The van der Waals surface area contributed by atoms with Gasteiger partial charge in [-0.25, -0.2) is 4.98 Å². The van der Waals surface area contributed by atoms with Crippen molar-refractivity contribution in [1.82, 2.24) is 14.9 Å². The van der Waals surface area contributed by atoms with Crippen molar-refractivity contribution in [3.63, 3.8) is 0 Å². The van der Waals surface area contributed by atoms with E-state index in [-0.39, 0.29) is 0 Å². The van der Waals surface area contributed by atoms with Crippen LogP contribution < -0.4 is 10.1 Å². The van der Waals surface area contributed by atoms with Gasteiger partial charge in [-0.15, -0.1) is 0 Å². The van der Waals surface area contributed by atoms with Gasteiger partial charge in [0, 0.05) is 12.6 Å². The normalized spacial score (nSPS) is 11.2. The van der Waals surface area contributed by atoms with E-state index in [2.05, 4.69) is 29.8 Å². The van der Waals surface area contributed by atoms with Gasteiger partial charge in [0.2, 0.25) is 0 Å². The van der Waals surface area contributed by atoms with Gasteiger partial charge in [0.05, 0.1) is 24.7 Å². The number of unbranched alkanes of at least 4 members (excludes halogenated alkanes) is 2. The van der Waals surface area contributed by atoms with Crippen molar-refractivity contribution >= 4 is 11.0 Å². The highest BCUT2D eigenvalue weighted by Crippen LogP contribution is 2.22. The first-order valence-corrected chi connectivity index (χ1v) is 8.04. The Balaban J connectivity index is 2.23. The minimum Gasteiger partial charge on any atom is -0.497 e. The predicted molar refractivity (Wildman–Crippen MR) is 87.8 cm³/mol. The van der Waals surface area contributed by atoms with Crippen molar-refractivity contribution < 1.29 is 4.74 Å².